The predicted molar refractivity (Wildman–Crippen MR) is 279 cm³/mol. The van der Waals surface area contributed by atoms with Gasteiger partial charge in [0.05, 0.1) is 19.8 Å². The maximum absolute atomic E-state index is 12.9. The van der Waals surface area contributed by atoms with Crippen LogP contribution in [0.1, 0.15) is 265 Å². The van der Waals surface area contributed by atoms with Crippen LogP contribution in [0.25, 0.3) is 0 Å². The molecule has 0 radical (unpaired) electrons. The lowest BCUT2D eigenvalue weighted by atomic mass is 10.0. The third kappa shape index (κ3) is 48.7. The number of unbranched alkanes of at least 4 members (excludes halogenated alkanes) is 29. The first kappa shape index (κ1) is 65.7. The highest BCUT2D eigenvalue weighted by molar-refractivity contribution is 7.47. The van der Waals surface area contributed by atoms with Crippen LogP contribution < -0.4 is 0 Å². The fourth-order valence-corrected chi connectivity index (χ4v) is 8.50. The Balaban J connectivity index is 4.73. The van der Waals surface area contributed by atoms with E-state index in [0.29, 0.717) is 19.3 Å². The van der Waals surface area contributed by atoms with Gasteiger partial charge in [0.1, 0.15) is 12.7 Å². The molecule has 0 aromatic heterocycles. The number of hydrogen-bond acceptors (Lipinski definition) is 10. The van der Waals surface area contributed by atoms with Crippen molar-refractivity contribution in [3.63, 3.8) is 0 Å². The highest BCUT2D eigenvalue weighted by atomic mass is 31.2. The quantitative estimate of drug-likeness (QED) is 0.0197. The molecule has 11 nitrogen and oxygen atoms in total. The number of carbonyl (C=O) groups excluding carboxylic acids is 3. The molecule has 0 heterocycles. The highest BCUT2D eigenvalue weighted by Crippen LogP contribution is 2.43. The number of carbonyl (C=O) groups is 3. The number of phosphoric ester groups is 1. The van der Waals surface area contributed by atoms with Crippen molar-refractivity contribution in [2.24, 2.45) is 0 Å². The lowest BCUT2D eigenvalue weighted by Crippen LogP contribution is -2.30. The van der Waals surface area contributed by atoms with Gasteiger partial charge in [0.25, 0.3) is 0 Å². The molecule has 0 fully saturated rings. The molecule has 68 heavy (non-hydrogen) atoms. The molecule has 0 saturated heterocycles. The van der Waals surface area contributed by atoms with Crippen molar-refractivity contribution in [2.75, 3.05) is 26.4 Å². The van der Waals surface area contributed by atoms with Crippen molar-refractivity contribution >= 4 is 25.7 Å². The Bertz CT molecular complexity index is 1280. The molecule has 12 heteroatoms. The Labute approximate surface area is 416 Å². The molecular formula is C56H103O11P. The minimum absolute atomic E-state index is 0.162. The molecule has 0 bridgehead atoms. The van der Waals surface area contributed by atoms with Gasteiger partial charge in [0, 0.05) is 19.3 Å². The summed E-state index contributed by atoms with van der Waals surface area (Å²) < 4.78 is 39.4. The zero-order valence-corrected chi connectivity index (χ0v) is 44.7. The van der Waals surface area contributed by atoms with Crippen molar-refractivity contribution in [3.05, 3.63) is 36.5 Å². The lowest BCUT2D eigenvalue weighted by molar-refractivity contribution is -0.161. The molecule has 398 valence electrons. The Kier molecular flexibility index (Phi) is 49.3. The molecule has 2 N–H and O–H groups in total. The van der Waals surface area contributed by atoms with Gasteiger partial charge >= 0.3 is 25.7 Å². The third-order valence-electron chi connectivity index (χ3n) is 12.0. The molecule has 0 aliphatic heterocycles. The van der Waals surface area contributed by atoms with Crippen LogP contribution >= 0.6 is 7.82 Å². The smallest absolute Gasteiger partial charge is 0.462 e. The zero-order chi connectivity index (χ0) is 49.9. The van der Waals surface area contributed by atoms with E-state index in [2.05, 4.69) is 57.2 Å². The van der Waals surface area contributed by atoms with Crippen molar-refractivity contribution in [3.8, 4) is 0 Å². The van der Waals surface area contributed by atoms with Gasteiger partial charge in [-0.25, -0.2) is 4.57 Å². The molecule has 0 saturated carbocycles. The monoisotopic (exact) mass is 983 g/mol. The summed E-state index contributed by atoms with van der Waals surface area (Å²) in [5.74, 6) is -1.47. The number of hydrogen-bond donors (Lipinski definition) is 2. The van der Waals surface area contributed by atoms with Gasteiger partial charge in [-0.1, -0.05) is 211 Å². The number of aliphatic hydroxyl groups is 1. The van der Waals surface area contributed by atoms with E-state index in [-0.39, 0.29) is 25.9 Å². The van der Waals surface area contributed by atoms with Crippen LogP contribution in [-0.4, -0.2) is 66.5 Å². The zero-order valence-electron chi connectivity index (χ0n) is 43.8. The van der Waals surface area contributed by atoms with Crippen LogP contribution in [-0.2, 0) is 42.2 Å². The highest BCUT2D eigenvalue weighted by Gasteiger charge is 2.28. The topological polar surface area (TPSA) is 155 Å². The summed E-state index contributed by atoms with van der Waals surface area (Å²) in [6, 6.07) is 0. The summed E-state index contributed by atoms with van der Waals surface area (Å²) in [6.45, 7) is 4.58. The molecule has 0 aromatic rings. The average Bonchev–Trinajstić information content (AvgIpc) is 3.32. The van der Waals surface area contributed by atoms with Gasteiger partial charge in [-0.2, -0.15) is 0 Å². The van der Waals surface area contributed by atoms with E-state index in [9.17, 15) is 28.9 Å². The largest absolute Gasteiger partial charge is 0.472 e. The number of esters is 3. The maximum Gasteiger partial charge on any atom is 0.472 e. The molecule has 0 aliphatic rings. The van der Waals surface area contributed by atoms with E-state index in [1.54, 1.807) is 0 Å². The van der Waals surface area contributed by atoms with Crippen LogP contribution in [0.5, 0.6) is 0 Å². The van der Waals surface area contributed by atoms with Crippen LogP contribution in [0.15, 0.2) is 36.5 Å². The normalized spacial score (nSPS) is 13.7. The Morgan fingerprint density at radius 2 is 0.735 bits per heavy atom. The molecule has 3 unspecified atom stereocenters. The second-order valence-electron chi connectivity index (χ2n) is 18.7. The fourth-order valence-electron chi connectivity index (χ4n) is 7.72. The Hall–Kier alpha value is -2.30. The first-order valence-corrected chi connectivity index (χ1v) is 29.4. The van der Waals surface area contributed by atoms with Crippen molar-refractivity contribution < 1.29 is 52.2 Å². The van der Waals surface area contributed by atoms with Crippen molar-refractivity contribution in [1.82, 2.24) is 0 Å². The molecule has 3 atom stereocenters. The number of phosphoric acid groups is 1. The van der Waals surface area contributed by atoms with E-state index in [1.807, 2.05) is 0 Å². The van der Waals surface area contributed by atoms with Gasteiger partial charge in [0.15, 0.2) is 6.10 Å². The minimum Gasteiger partial charge on any atom is -0.462 e. The van der Waals surface area contributed by atoms with Gasteiger partial charge < -0.3 is 24.2 Å². The summed E-state index contributed by atoms with van der Waals surface area (Å²) in [5.41, 5.74) is 0. The second kappa shape index (κ2) is 51.1. The average molecular weight is 983 g/mol. The number of rotatable bonds is 52. The van der Waals surface area contributed by atoms with Crippen LogP contribution in [0, 0.1) is 0 Å². The summed E-state index contributed by atoms with van der Waals surface area (Å²) in [5, 5.41) is 9.77. The van der Waals surface area contributed by atoms with Crippen LogP contribution in [0.2, 0.25) is 0 Å². The molecule has 0 amide bonds. The number of aliphatic hydroxyl groups excluding tert-OH is 1. The van der Waals surface area contributed by atoms with E-state index >= 15 is 0 Å². The molecule has 0 aliphatic carbocycles. The maximum atomic E-state index is 12.9. The van der Waals surface area contributed by atoms with Gasteiger partial charge in [-0.15, -0.1) is 0 Å². The number of ether oxygens (including phenoxy) is 3. The Morgan fingerprint density at radius 3 is 1.18 bits per heavy atom. The van der Waals surface area contributed by atoms with E-state index in [1.165, 1.54) is 109 Å². The van der Waals surface area contributed by atoms with E-state index in [4.69, 9.17) is 23.3 Å². The van der Waals surface area contributed by atoms with Crippen LogP contribution in [0.3, 0.4) is 0 Å². The standard InChI is InChI=1S/C56H103O11P/c1-4-7-10-13-16-19-22-24-25-26-27-29-32-35-38-41-44-47-56(60)67-53(49-63-54(58)45-42-39-36-33-31-28-23-20-17-14-11-8-5-2)51-65-68(61,62)64-50-52(48-57)66-55(59)46-43-40-37-34-30-21-18-15-12-9-6-3/h15-16,18-19,24-25,52-53,57H,4-14,17,20-23,26-51H2,1-3H3,(H,61,62)/b18-15-,19-16-,25-24-. The van der Waals surface area contributed by atoms with Gasteiger partial charge in [0.2, 0.25) is 0 Å². The SMILES string of the molecule is CCCC/C=C\CCCCCCCC(=O)OC(CO)COP(=O)(O)OCC(COC(=O)CCCCCCCCCCCCCCC)OC(=O)CCCCCCCCC/C=C\C/C=C\CCCCC. The summed E-state index contributed by atoms with van der Waals surface area (Å²) in [4.78, 5) is 48.4. The number of allylic oxidation sites excluding steroid dienone is 6. The first-order valence-electron chi connectivity index (χ1n) is 27.9. The molecule has 0 aromatic carbocycles. The summed E-state index contributed by atoms with van der Waals surface area (Å²) in [6.07, 6.45) is 51.0. The van der Waals surface area contributed by atoms with Crippen molar-refractivity contribution in [2.45, 2.75) is 277 Å². The fraction of sp³-hybridized carbons (Fsp3) is 0.839. The first-order chi connectivity index (χ1) is 33.2. The second-order valence-corrected chi connectivity index (χ2v) is 20.2. The van der Waals surface area contributed by atoms with Gasteiger partial charge in [-0.05, 0) is 70.6 Å². The van der Waals surface area contributed by atoms with E-state index in [0.717, 1.165) is 96.3 Å². The predicted octanol–water partition coefficient (Wildman–Crippen LogP) is 16.0. The van der Waals surface area contributed by atoms with Crippen molar-refractivity contribution in [1.29, 1.82) is 0 Å². The molecule has 0 spiro atoms. The molecular weight excluding hydrogens is 880 g/mol. The van der Waals surface area contributed by atoms with Crippen LogP contribution in [0.4, 0.5) is 0 Å². The molecule has 0 rings (SSSR count). The van der Waals surface area contributed by atoms with Gasteiger partial charge in [-0.3, -0.25) is 23.4 Å². The minimum atomic E-state index is -4.74. The van der Waals surface area contributed by atoms with E-state index < -0.39 is 57.8 Å². The third-order valence-corrected chi connectivity index (χ3v) is 13.0. The Morgan fingerprint density at radius 1 is 0.412 bits per heavy atom. The summed E-state index contributed by atoms with van der Waals surface area (Å²) in [7, 11) is -4.74. The lowest BCUT2D eigenvalue weighted by Gasteiger charge is -2.21. The summed E-state index contributed by atoms with van der Waals surface area (Å²) >= 11 is 0.